The first kappa shape index (κ1) is 26.2. The Morgan fingerprint density at radius 3 is 1.47 bits per heavy atom. The highest BCUT2D eigenvalue weighted by molar-refractivity contribution is 5.95. The lowest BCUT2D eigenvalue weighted by Crippen LogP contribution is -2.45. The molecular weight excluding hydrogens is 446 g/mol. The van der Waals surface area contributed by atoms with Crippen LogP contribution in [0.15, 0.2) is 72.8 Å². The maximum Gasteiger partial charge on any atom is 0.349 e. The van der Waals surface area contributed by atoms with Crippen molar-refractivity contribution in [1.82, 2.24) is 0 Å². The van der Waals surface area contributed by atoms with Crippen molar-refractivity contribution >= 4 is 23.9 Å². The first-order chi connectivity index (χ1) is 16.2. The number of carboxylic acids is 2. The Morgan fingerprint density at radius 2 is 1.21 bits per heavy atom. The minimum atomic E-state index is -2.21. The molecule has 180 valence electrons. The van der Waals surface area contributed by atoms with Crippen molar-refractivity contribution in [2.45, 2.75) is 24.7 Å². The molecule has 0 unspecified atom stereocenters. The van der Waals surface area contributed by atoms with Crippen molar-refractivity contribution < 1.29 is 44.0 Å². The number of rotatable bonds is 8. The summed E-state index contributed by atoms with van der Waals surface area (Å²) < 4.78 is 9.52. The van der Waals surface area contributed by atoms with Gasteiger partial charge in [-0.1, -0.05) is 48.6 Å². The van der Waals surface area contributed by atoms with Crippen LogP contribution < -0.4 is 5.73 Å². The summed E-state index contributed by atoms with van der Waals surface area (Å²) in [5, 5.41) is 27.1. The van der Waals surface area contributed by atoms with Gasteiger partial charge in [0, 0.05) is 18.6 Å². The summed E-state index contributed by atoms with van der Waals surface area (Å²) in [5.74, 6) is -5.31. The average Bonchev–Trinajstić information content (AvgIpc) is 3.27. The van der Waals surface area contributed by atoms with Gasteiger partial charge in [-0.05, 0) is 30.7 Å². The second-order valence-electron chi connectivity index (χ2n) is 7.29. The van der Waals surface area contributed by atoms with Gasteiger partial charge in [0.15, 0.2) is 0 Å². The van der Waals surface area contributed by atoms with E-state index in [1.54, 1.807) is 12.1 Å². The summed E-state index contributed by atoms with van der Waals surface area (Å²) in [6.45, 7) is 0.240. The predicted molar refractivity (Wildman–Crippen MR) is 119 cm³/mol. The maximum atomic E-state index is 12.0. The van der Waals surface area contributed by atoms with Gasteiger partial charge in [0.2, 0.25) is 12.2 Å². The van der Waals surface area contributed by atoms with Gasteiger partial charge in [0.25, 0.3) is 0 Å². The van der Waals surface area contributed by atoms with Gasteiger partial charge < -0.3 is 30.5 Å². The van der Waals surface area contributed by atoms with Crippen LogP contribution >= 0.6 is 0 Å². The SMILES string of the molecule is N[C@H]1C=C[C@@H](CO)C1.O=C(O[C@H](C(=O)O)[C@H](OC(=O)c1ccccc1)C(=O)O)c1ccccc1. The van der Waals surface area contributed by atoms with Crippen molar-refractivity contribution in [3.05, 3.63) is 83.9 Å². The van der Waals surface area contributed by atoms with E-state index in [2.05, 4.69) is 0 Å². The van der Waals surface area contributed by atoms with Gasteiger partial charge >= 0.3 is 23.9 Å². The number of aliphatic carboxylic acids is 2. The quantitative estimate of drug-likeness (QED) is 0.326. The van der Waals surface area contributed by atoms with Gasteiger partial charge in [0.05, 0.1) is 11.1 Å². The molecule has 0 amide bonds. The summed E-state index contributed by atoms with van der Waals surface area (Å²) in [6.07, 6.45) is 0.405. The van der Waals surface area contributed by atoms with Gasteiger partial charge in [0.1, 0.15) is 0 Å². The number of carbonyl (C=O) groups is 4. The van der Waals surface area contributed by atoms with Crippen LogP contribution in [-0.2, 0) is 19.1 Å². The monoisotopic (exact) mass is 471 g/mol. The van der Waals surface area contributed by atoms with Crippen molar-refractivity contribution in [2.75, 3.05) is 6.61 Å². The molecule has 0 aliphatic heterocycles. The van der Waals surface area contributed by atoms with Gasteiger partial charge in [-0.25, -0.2) is 19.2 Å². The summed E-state index contributed by atoms with van der Waals surface area (Å²) in [5.41, 5.74) is 5.55. The summed E-state index contributed by atoms with van der Waals surface area (Å²) in [7, 11) is 0. The molecule has 2 aromatic carbocycles. The zero-order chi connectivity index (χ0) is 25.1. The highest BCUT2D eigenvalue weighted by atomic mass is 16.6. The highest BCUT2D eigenvalue weighted by Crippen LogP contribution is 2.15. The largest absolute Gasteiger partial charge is 0.478 e. The molecule has 0 spiro atoms. The number of carboxylic acid groups (broad SMARTS) is 2. The molecule has 0 fully saturated rings. The van der Waals surface area contributed by atoms with Crippen LogP contribution in [0.4, 0.5) is 0 Å². The molecule has 10 heteroatoms. The van der Waals surface area contributed by atoms with E-state index in [0.29, 0.717) is 5.92 Å². The minimum absolute atomic E-state index is 0.0253. The molecule has 10 nitrogen and oxygen atoms in total. The molecule has 2 aromatic rings. The number of aliphatic hydroxyl groups is 1. The van der Waals surface area contributed by atoms with Crippen LogP contribution in [0.5, 0.6) is 0 Å². The lowest BCUT2D eigenvalue weighted by molar-refractivity contribution is -0.166. The Balaban J connectivity index is 0.000000430. The number of nitrogens with two attached hydrogens (primary N) is 1. The first-order valence-corrected chi connectivity index (χ1v) is 10.2. The topological polar surface area (TPSA) is 173 Å². The number of hydrogen-bond acceptors (Lipinski definition) is 8. The fourth-order valence-electron chi connectivity index (χ4n) is 2.94. The zero-order valence-electron chi connectivity index (χ0n) is 18.0. The molecule has 0 aromatic heterocycles. The van der Waals surface area contributed by atoms with Gasteiger partial charge in [-0.2, -0.15) is 0 Å². The number of hydrogen-bond donors (Lipinski definition) is 4. The van der Waals surface area contributed by atoms with E-state index in [-0.39, 0.29) is 23.8 Å². The third-order valence-corrected chi connectivity index (χ3v) is 4.69. The Bertz CT molecular complexity index is 938. The second-order valence-corrected chi connectivity index (χ2v) is 7.29. The van der Waals surface area contributed by atoms with Crippen molar-refractivity contribution in [1.29, 1.82) is 0 Å². The molecule has 4 atom stereocenters. The molecule has 5 N–H and O–H groups in total. The predicted octanol–water partition coefficient (Wildman–Crippen LogP) is 1.49. The highest BCUT2D eigenvalue weighted by Gasteiger charge is 2.41. The van der Waals surface area contributed by atoms with Crippen LogP contribution in [0.3, 0.4) is 0 Å². The van der Waals surface area contributed by atoms with Gasteiger partial charge in [-0.15, -0.1) is 0 Å². The standard InChI is InChI=1S/C18H14O8.C6H11NO/c19-15(20)13(25-17(23)11-7-3-1-4-8-11)14(16(21)22)26-18(24)12-9-5-2-6-10-12;7-6-2-1-5(3-6)4-8/h1-10,13-14H,(H,19,20)(H,21,22);1-2,5-6,8H,3-4,7H2/t13-,14-;5-,6+/m01/s1. The Hall–Kier alpha value is -4.02. The Kier molecular flexibility index (Phi) is 9.93. The molecule has 0 bridgehead atoms. The van der Waals surface area contributed by atoms with Crippen LogP contribution in [-0.4, -0.2) is 64.1 Å². The van der Waals surface area contributed by atoms with Gasteiger partial charge in [-0.3, -0.25) is 0 Å². The van der Waals surface area contributed by atoms with Crippen LogP contribution in [0.2, 0.25) is 0 Å². The molecule has 1 aliphatic carbocycles. The third-order valence-electron chi connectivity index (χ3n) is 4.69. The lowest BCUT2D eigenvalue weighted by Gasteiger charge is -2.21. The maximum absolute atomic E-state index is 12.0. The zero-order valence-corrected chi connectivity index (χ0v) is 18.0. The van der Waals surface area contributed by atoms with E-state index >= 15 is 0 Å². The molecule has 1 aliphatic rings. The van der Waals surface area contributed by atoms with E-state index in [4.69, 9.17) is 20.3 Å². The number of aliphatic hydroxyl groups excluding tert-OH is 1. The van der Waals surface area contributed by atoms with Crippen molar-refractivity contribution in [2.24, 2.45) is 11.7 Å². The van der Waals surface area contributed by atoms with Crippen LogP contribution in [0, 0.1) is 5.92 Å². The smallest absolute Gasteiger partial charge is 0.349 e. The fraction of sp³-hybridized carbons (Fsp3) is 0.250. The van der Waals surface area contributed by atoms with Crippen LogP contribution in [0.25, 0.3) is 0 Å². The molecule has 0 saturated heterocycles. The van der Waals surface area contributed by atoms with Crippen molar-refractivity contribution in [3.63, 3.8) is 0 Å². The van der Waals surface area contributed by atoms with E-state index in [1.807, 2.05) is 12.2 Å². The normalized spacial score (nSPS) is 18.1. The number of ether oxygens (including phenoxy) is 2. The van der Waals surface area contributed by atoms with E-state index in [9.17, 15) is 29.4 Å². The number of carbonyl (C=O) groups excluding carboxylic acids is 2. The Morgan fingerprint density at radius 1 is 0.794 bits per heavy atom. The molecule has 0 heterocycles. The van der Waals surface area contributed by atoms with E-state index < -0.39 is 36.1 Å². The van der Waals surface area contributed by atoms with Crippen LogP contribution in [0.1, 0.15) is 27.1 Å². The van der Waals surface area contributed by atoms with E-state index in [1.165, 1.54) is 48.5 Å². The minimum Gasteiger partial charge on any atom is -0.478 e. The molecular formula is C24H25NO9. The molecule has 0 radical (unpaired) electrons. The molecule has 3 rings (SSSR count). The summed E-state index contributed by atoms with van der Waals surface area (Å²) in [4.78, 5) is 46.8. The number of benzene rings is 2. The number of esters is 2. The lowest BCUT2D eigenvalue weighted by atomic mass is 10.1. The fourth-order valence-corrected chi connectivity index (χ4v) is 2.94. The Labute approximate surface area is 195 Å². The summed E-state index contributed by atoms with van der Waals surface area (Å²) >= 11 is 0. The molecule has 0 saturated carbocycles. The van der Waals surface area contributed by atoms with Crippen molar-refractivity contribution in [3.8, 4) is 0 Å². The third kappa shape index (κ3) is 7.84. The summed E-state index contributed by atoms with van der Waals surface area (Å²) in [6, 6.07) is 15.0. The average molecular weight is 471 g/mol. The molecule has 34 heavy (non-hydrogen) atoms. The second kappa shape index (κ2) is 12.9. The van der Waals surface area contributed by atoms with E-state index in [0.717, 1.165) is 6.42 Å². The first-order valence-electron chi connectivity index (χ1n) is 10.2.